The molecule has 1 heterocycles. The molecule has 1 aliphatic heterocycles. The van der Waals surface area contributed by atoms with Crippen molar-refractivity contribution in [2.45, 2.75) is 39.7 Å². The average Bonchev–Trinajstić information content (AvgIpc) is 2.93. The van der Waals surface area contributed by atoms with Crippen LogP contribution in [0.2, 0.25) is 0 Å². The molecular weight excluding hydrogens is 262 g/mol. The second kappa shape index (κ2) is 5.24. The molecule has 0 spiro atoms. The van der Waals surface area contributed by atoms with E-state index in [9.17, 15) is 4.79 Å². The Kier molecular flexibility index (Phi) is 3.56. The lowest BCUT2D eigenvalue weighted by Crippen LogP contribution is -2.28. The van der Waals surface area contributed by atoms with Crippen LogP contribution < -0.4 is 15.5 Å². The molecule has 3 rings (SSSR count). The molecule has 21 heavy (non-hydrogen) atoms. The van der Waals surface area contributed by atoms with E-state index in [0.717, 1.165) is 24.5 Å². The van der Waals surface area contributed by atoms with Gasteiger partial charge in [-0.25, -0.2) is 4.79 Å². The number of nitrogens with one attached hydrogen (secondary N) is 2. The molecule has 0 radical (unpaired) electrons. The van der Waals surface area contributed by atoms with Gasteiger partial charge in [0.1, 0.15) is 0 Å². The summed E-state index contributed by atoms with van der Waals surface area (Å²) in [6.45, 7) is 8.48. The van der Waals surface area contributed by atoms with Crippen molar-refractivity contribution in [3.05, 3.63) is 24.3 Å². The Hall–Kier alpha value is -1.71. The van der Waals surface area contributed by atoms with Gasteiger partial charge in [-0.2, -0.15) is 0 Å². The first-order valence-electron chi connectivity index (χ1n) is 7.87. The number of hydrogen-bond acceptors (Lipinski definition) is 2. The molecule has 4 nitrogen and oxygen atoms in total. The average molecular weight is 287 g/mol. The Balaban J connectivity index is 1.73. The molecule has 2 amide bonds. The lowest BCUT2D eigenvalue weighted by atomic mass is 9.91. The number of hydrogen-bond donors (Lipinski definition) is 2. The van der Waals surface area contributed by atoms with Gasteiger partial charge in [0.2, 0.25) is 0 Å². The van der Waals surface area contributed by atoms with E-state index >= 15 is 0 Å². The van der Waals surface area contributed by atoms with E-state index in [4.69, 9.17) is 0 Å². The quantitative estimate of drug-likeness (QED) is 0.894. The molecule has 2 atom stereocenters. The summed E-state index contributed by atoms with van der Waals surface area (Å²) in [6, 6.07) is 8.72. The second-order valence-corrected chi connectivity index (χ2v) is 7.23. The second-order valence-electron chi connectivity index (χ2n) is 7.23. The summed E-state index contributed by atoms with van der Waals surface area (Å²) < 4.78 is 0. The number of benzene rings is 1. The Labute approximate surface area is 126 Å². The van der Waals surface area contributed by atoms with Gasteiger partial charge in [0.25, 0.3) is 0 Å². The van der Waals surface area contributed by atoms with Crippen LogP contribution in [0.1, 0.15) is 33.6 Å². The van der Waals surface area contributed by atoms with Gasteiger partial charge >= 0.3 is 6.03 Å². The number of carbonyl (C=O) groups excluding carboxylic acids is 1. The zero-order valence-corrected chi connectivity index (χ0v) is 13.1. The Morgan fingerprint density at radius 2 is 2.14 bits per heavy atom. The normalized spacial score (nSPS) is 27.8. The number of urea groups is 1. The van der Waals surface area contributed by atoms with E-state index in [-0.39, 0.29) is 6.03 Å². The van der Waals surface area contributed by atoms with Gasteiger partial charge < -0.3 is 10.6 Å². The van der Waals surface area contributed by atoms with Crippen LogP contribution in [0, 0.1) is 11.3 Å². The third-order valence-corrected chi connectivity index (χ3v) is 4.70. The van der Waals surface area contributed by atoms with Crippen LogP contribution in [0.5, 0.6) is 0 Å². The van der Waals surface area contributed by atoms with Gasteiger partial charge in [-0.3, -0.25) is 4.90 Å². The highest BCUT2D eigenvalue weighted by molar-refractivity contribution is 5.94. The number of nitrogens with zero attached hydrogens (tertiary/aromatic N) is 1. The fourth-order valence-electron chi connectivity index (χ4n) is 3.78. The van der Waals surface area contributed by atoms with Gasteiger partial charge in [-0.15, -0.1) is 0 Å². The van der Waals surface area contributed by atoms with Crippen molar-refractivity contribution in [3.8, 4) is 0 Å². The van der Waals surface area contributed by atoms with Crippen LogP contribution in [0.3, 0.4) is 0 Å². The van der Waals surface area contributed by atoms with Crippen molar-refractivity contribution in [3.63, 3.8) is 0 Å². The highest BCUT2D eigenvalue weighted by atomic mass is 16.2. The standard InChI is InChI=1S/C17H25N3O/c1-12-10-17(2,3)11-15(12)19-13-5-4-6-14(9-13)20-8-7-18-16(20)21/h4-6,9,12,15,19H,7-8,10-11H2,1-3H3,(H,18,21). The molecule has 0 aromatic heterocycles. The minimum Gasteiger partial charge on any atom is -0.382 e. The molecule has 4 heteroatoms. The van der Waals surface area contributed by atoms with Crippen molar-refractivity contribution in [2.75, 3.05) is 23.3 Å². The molecule has 1 saturated carbocycles. The predicted octanol–water partition coefficient (Wildman–Crippen LogP) is 3.45. The van der Waals surface area contributed by atoms with Crippen LogP contribution in [-0.4, -0.2) is 25.2 Å². The smallest absolute Gasteiger partial charge is 0.321 e. The summed E-state index contributed by atoms with van der Waals surface area (Å²) in [5.41, 5.74) is 2.51. The van der Waals surface area contributed by atoms with Gasteiger partial charge in [0, 0.05) is 30.5 Å². The lowest BCUT2D eigenvalue weighted by molar-refractivity contribution is 0.252. The lowest BCUT2D eigenvalue weighted by Gasteiger charge is -2.21. The largest absolute Gasteiger partial charge is 0.382 e. The first kappa shape index (κ1) is 14.2. The highest BCUT2D eigenvalue weighted by Crippen LogP contribution is 2.42. The molecule has 1 aliphatic carbocycles. The summed E-state index contributed by atoms with van der Waals surface area (Å²) in [5.74, 6) is 0.679. The minimum atomic E-state index is 0.00233. The van der Waals surface area contributed by atoms with Gasteiger partial charge in [0.05, 0.1) is 0 Å². The molecule has 1 aromatic carbocycles. The topological polar surface area (TPSA) is 44.4 Å². The summed E-state index contributed by atoms with van der Waals surface area (Å²) in [7, 11) is 0. The van der Waals surface area contributed by atoms with Crippen LogP contribution in [0.25, 0.3) is 0 Å². The molecule has 1 aromatic rings. The molecule has 2 N–H and O–H groups in total. The fraction of sp³-hybridized carbons (Fsp3) is 0.588. The Morgan fingerprint density at radius 3 is 2.76 bits per heavy atom. The number of carbonyl (C=O) groups is 1. The minimum absolute atomic E-state index is 0.00233. The number of rotatable bonds is 3. The van der Waals surface area contributed by atoms with E-state index < -0.39 is 0 Å². The summed E-state index contributed by atoms with van der Waals surface area (Å²) in [6.07, 6.45) is 2.46. The van der Waals surface area contributed by atoms with Crippen LogP contribution in [-0.2, 0) is 0 Å². The SMILES string of the molecule is CC1CC(C)(C)CC1Nc1cccc(N2CCNC2=O)c1. The monoisotopic (exact) mass is 287 g/mol. The first-order valence-corrected chi connectivity index (χ1v) is 7.87. The van der Waals surface area contributed by atoms with Crippen LogP contribution >= 0.6 is 0 Å². The molecule has 0 bridgehead atoms. The zero-order valence-electron chi connectivity index (χ0n) is 13.1. The summed E-state index contributed by atoms with van der Waals surface area (Å²) >= 11 is 0. The number of anilines is 2. The van der Waals surface area contributed by atoms with Gasteiger partial charge in [-0.05, 0) is 42.4 Å². The van der Waals surface area contributed by atoms with Crippen LogP contribution in [0.4, 0.5) is 16.2 Å². The Morgan fingerprint density at radius 1 is 1.33 bits per heavy atom. The maximum atomic E-state index is 11.8. The van der Waals surface area contributed by atoms with E-state index in [1.54, 1.807) is 4.90 Å². The predicted molar refractivity (Wildman–Crippen MR) is 86.8 cm³/mol. The molecule has 2 unspecified atom stereocenters. The first-order chi connectivity index (χ1) is 9.94. The third-order valence-electron chi connectivity index (χ3n) is 4.70. The molecule has 2 fully saturated rings. The van der Waals surface area contributed by atoms with Crippen molar-refractivity contribution >= 4 is 17.4 Å². The molecule has 1 saturated heterocycles. The third kappa shape index (κ3) is 2.99. The summed E-state index contributed by atoms with van der Waals surface area (Å²) in [4.78, 5) is 13.6. The van der Waals surface area contributed by atoms with Crippen molar-refractivity contribution < 1.29 is 4.79 Å². The van der Waals surface area contributed by atoms with Crippen LogP contribution in [0.15, 0.2) is 24.3 Å². The zero-order chi connectivity index (χ0) is 15.0. The maximum Gasteiger partial charge on any atom is 0.321 e. The highest BCUT2D eigenvalue weighted by Gasteiger charge is 2.36. The molecule has 114 valence electrons. The molecular formula is C17H25N3O. The summed E-state index contributed by atoms with van der Waals surface area (Å²) in [5, 5.41) is 6.51. The van der Waals surface area contributed by atoms with E-state index in [1.165, 1.54) is 12.8 Å². The van der Waals surface area contributed by atoms with Crippen molar-refractivity contribution in [1.29, 1.82) is 0 Å². The Bertz CT molecular complexity index is 541. The number of amides is 2. The van der Waals surface area contributed by atoms with Crippen molar-refractivity contribution in [1.82, 2.24) is 5.32 Å². The fourth-order valence-corrected chi connectivity index (χ4v) is 3.78. The van der Waals surface area contributed by atoms with E-state index in [0.29, 0.717) is 17.4 Å². The maximum absolute atomic E-state index is 11.8. The van der Waals surface area contributed by atoms with E-state index in [1.807, 2.05) is 12.1 Å². The van der Waals surface area contributed by atoms with Gasteiger partial charge in [0.15, 0.2) is 0 Å². The van der Waals surface area contributed by atoms with E-state index in [2.05, 4.69) is 43.5 Å². The van der Waals surface area contributed by atoms with Gasteiger partial charge in [-0.1, -0.05) is 26.8 Å². The van der Waals surface area contributed by atoms with Crippen molar-refractivity contribution in [2.24, 2.45) is 11.3 Å². The molecule has 2 aliphatic rings.